The van der Waals surface area contributed by atoms with Crippen molar-refractivity contribution in [1.82, 2.24) is 15.1 Å². The van der Waals surface area contributed by atoms with Gasteiger partial charge in [0.15, 0.2) is 0 Å². The van der Waals surface area contributed by atoms with Gasteiger partial charge in [0.1, 0.15) is 0 Å². The minimum atomic E-state index is -0.182. The minimum Gasteiger partial charge on any atom is -0.319 e. The molecule has 3 heterocycles. The van der Waals surface area contributed by atoms with E-state index >= 15 is 0 Å². The molecular weight excluding hydrogens is 218 g/mol. The highest BCUT2D eigenvalue weighted by atomic mass is 16.2. The molecule has 5 nitrogen and oxygen atoms in total. The van der Waals surface area contributed by atoms with Crippen LogP contribution in [0.3, 0.4) is 0 Å². The Hall–Kier alpha value is -1.10. The average molecular weight is 237 g/mol. The summed E-state index contributed by atoms with van der Waals surface area (Å²) in [6, 6.07) is 0.671. The number of piperidine rings is 1. The zero-order chi connectivity index (χ0) is 11.8. The molecule has 3 rings (SSSR count). The molecule has 3 amide bonds. The van der Waals surface area contributed by atoms with Crippen molar-refractivity contribution >= 4 is 11.9 Å². The molecule has 5 heteroatoms. The van der Waals surface area contributed by atoms with E-state index in [1.807, 2.05) is 4.90 Å². The fourth-order valence-corrected chi connectivity index (χ4v) is 3.48. The minimum absolute atomic E-state index is 0.134. The Balaban J connectivity index is 1.71. The van der Waals surface area contributed by atoms with Crippen LogP contribution in [-0.2, 0) is 4.79 Å². The zero-order valence-corrected chi connectivity index (χ0v) is 10.0. The number of amides is 3. The van der Waals surface area contributed by atoms with E-state index in [0.717, 1.165) is 13.0 Å². The van der Waals surface area contributed by atoms with Crippen molar-refractivity contribution in [3.63, 3.8) is 0 Å². The lowest BCUT2D eigenvalue weighted by Crippen LogP contribution is -2.57. The van der Waals surface area contributed by atoms with Gasteiger partial charge in [-0.3, -0.25) is 15.0 Å². The summed E-state index contributed by atoms with van der Waals surface area (Å²) in [7, 11) is 0. The Kier molecular flexibility index (Phi) is 2.78. The van der Waals surface area contributed by atoms with Crippen molar-refractivity contribution in [2.45, 2.75) is 44.2 Å². The van der Waals surface area contributed by atoms with Crippen LogP contribution in [0.4, 0.5) is 4.79 Å². The molecule has 2 atom stereocenters. The summed E-state index contributed by atoms with van der Waals surface area (Å²) in [5.74, 6) is -0.134. The maximum absolute atomic E-state index is 11.8. The standard InChI is InChI=1S/C12H19N3O2/c16-11-5-8-15(12(17)13-11)10-4-7-14-6-2-1-3-9(10)14/h9-10H,1-8H2,(H,13,16,17). The number of hydrogen-bond donors (Lipinski definition) is 1. The number of imide groups is 1. The second-order valence-corrected chi connectivity index (χ2v) is 5.25. The topological polar surface area (TPSA) is 52.7 Å². The Bertz CT molecular complexity index is 345. The summed E-state index contributed by atoms with van der Waals surface area (Å²) >= 11 is 0. The summed E-state index contributed by atoms with van der Waals surface area (Å²) in [6.07, 6.45) is 5.27. The van der Waals surface area contributed by atoms with Gasteiger partial charge >= 0.3 is 6.03 Å². The van der Waals surface area contributed by atoms with E-state index in [4.69, 9.17) is 0 Å². The average Bonchev–Trinajstić information content (AvgIpc) is 2.73. The number of carbonyl (C=O) groups excluding carboxylic acids is 2. The van der Waals surface area contributed by atoms with Gasteiger partial charge in [-0.05, 0) is 25.8 Å². The van der Waals surface area contributed by atoms with Crippen LogP contribution in [0.5, 0.6) is 0 Å². The second-order valence-electron chi connectivity index (χ2n) is 5.25. The molecule has 3 aliphatic heterocycles. The highest BCUT2D eigenvalue weighted by molar-refractivity contribution is 5.96. The third-order valence-corrected chi connectivity index (χ3v) is 4.31. The van der Waals surface area contributed by atoms with Gasteiger partial charge in [0, 0.05) is 25.6 Å². The number of hydrogen-bond acceptors (Lipinski definition) is 3. The number of urea groups is 1. The van der Waals surface area contributed by atoms with E-state index in [-0.39, 0.29) is 11.9 Å². The van der Waals surface area contributed by atoms with Crippen LogP contribution >= 0.6 is 0 Å². The Morgan fingerprint density at radius 1 is 1.00 bits per heavy atom. The Labute approximate surface area is 101 Å². The molecule has 2 unspecified atom stereocenters. The molecule has 17 heavy (non-hydrogen) atoms. The van der Waals surface area contributed by atoms with Gasteiger partial charge in [0.2, 0.25) is 5.91 Å². The third kappa shape index (κ3) is 1.92. The molecule has 94 valence electrons. The quantitative estimate of drug-likeness (QED) is 0.725. The van der Waals surface area contributed by atoms with E-state index in [0.29, 0.717) is 25.0 Å². The normalized spacial score (nSPS) is 34.7. The number of rotatable bonds is 1. The van der Waals surface area contributed by atoms with Crippen LogP contribution < -0.4 is 5.32 Å². The molecule has 3 saturated heterocycles. The fourth-order valence-electron chi connectivity index (χ4n) is 3.48. The second kappa shape index (κ2) is 4.29. The molecule has 0 saturated carbocycles. The van der Waals surface area contributed by atoms with E-state index in [1.165, 1.54) is 25.8 Å². The summed E-state index contributed by atoms with van der Waals surface area (Å²) in [5.41, 5.74) is 0. The molecule has 0 aromatic rings. The van der Waals surface area contributed by atoms with Crippen LogP contribution in [0.15, 0.2) is 0 Å². The van der Waals surface area contributed by atoms with Gasteiger partial charge in [-0.2, -0.15) is 0 Å². The highest BCUT2D eigenvalue weighted by Gasteiger charge is 2.41. The van der Waals surface area contributed by atoms with Crippen molar-refractivity contribution < 1.29 is 9.59 Å². The van der Waals surface area contributed by atoms with Crippen LogP contribution in [0.2, 0.25) is 0 Å². The lowest BCUT2D eigenvalue weighted by molar-refractivity contribution is -0.121. The van der Waals surface area contributed by atoms with E-state index in [2.05, 4.69) is 10.2 Å². The third-order valence-electron chi connectivity index (χ3n) is 4.31. The van der Waals surface area contributed by atoms with Crippen molar-refractivity contribution in [2.24, 2.45) is 0 Å². The molecule has 3 aliphatic rings. The predicted molar refractivity (Wildman–Crippen MR) is 62.5 cm³/mol. The first-order valence-electron chi connectivity index (χ1n) is 6.60. The SMILES string of the molecule is O=C1CCN(C2CCN3CCCCC23)C(=O)N1. The van der Waals surface area contributed by atoms with Crippen molar-refractivity contribution in [1.29, 1.82) is 0 Å². The van der Waals surface area contributed by atoms with Crippen LogP contribution in [0.25, 0.3) is 0 Å². The van der Waals surface area contributed by atoms with Gasteiger partial charge in [-0.15, -0.1) is 0 Å². The van der Waals surface area contributed by atoms with Crippen molar-refractivity contribution in [3.8, 4) is 0 Å². The maximum atomic E-state index is 11.8. The zero-order valence-electron chi connectivity index (χ0n) is 10.0. The molecule has 0 bridgehead atoms. The molecule has 0 radical (unpaired) electrons. The molecule has 0 aromatic heterocycles. The van der Waals surface area contributed by atoms with E-state index < -0.39 is 0 Å². The summed E-state index contributed by atoms with van der Waals surface area (Å²) in [5, 5.41) is 2.43. The van der Waals surface area contributed by atoms with Gasteiger partial charge in [-0.1, -0.05) is 6.42 Å². The molecular formula is C12H19N3O2. The first-order chi connectivity index (χ1) is 8.25. The number of nitrogens with zero attached hydrogens (tertiary/aromatic N) is 2. The van der Waals surface area contributed by atoms with E-state index in [9.17, 15) is 9.59 Å². The molecule has 0 aliphatic carbocycles. The number of carbonyl (C=O) groups is 2. The highest BCUT2D eigenvalue weighted by Crippen LogP contribution is 2.31. The fraction of sp³-hybridized carbons (Fsp3) is 0.833. The van der Waals surface area contributed by atoms with Gasteiger partial charge in [-0.25, -0.2) is 4.79 Å². The van der Waals surface area contributed by atoms with Crippen molar-refractivity contribution in [2.75, 3.05) is 19.6 Å². The molecule has 3 fully saturated rings. The first-order valence-corrected chi connectivity index (χ1v) is 6.60. The van der Waals surface area contributed by atoms with E-state index in [1.54, 1.807) is 0 Å². The first kappa shape index (κ1) is 11.0. The van der Waals surface area contributed by atoms with Crippen molar-refractivity contribution in [3.05, 3.63) is 0 Å². The monoisotopic (exact) mass is 237 g/mol. The summed E-state index contributed by atoms with van der Waals surface area (Å²) in [4.78, 5) is 27.4. The molecule has 1 N–H and O–H groups in total. The van der Waals surface area contributed by atoms with Crippen LogP contribution in [0, 0.1) is 0 Å². The van der Waals surface area contributed by atoms with Gasteiger partial charge in [0.05, 0.1) is 6.04 Å². The lowest BCUT2D eigenvalue weighted by atomic mass is 9.97. The predicted octanol–water partition coefficient (Wildman–Crippen LogP) is 0.555. The largest absolute Gasteiger partial charge is 0.324 e. The number of fused-ring (bicyclic) bond motifs is 1. The smallest absolute Gasteiger partial charge is 0.319 e. The maximum Gasteiger partial charge on any atom is 0.324 e. The lowest BCUT2D eigenvalue weighted by Gasteiger charge is -2.39. The van der Waals surface area contributed by atoms with Gasteiger partial charge in [0.25, 0.3) is 0 Å². The van der Waals surface area contributed by atoms with Crippen LogP contribution in [-0.4, -0.2) is 53.5 Å². The van der Waals surface area contributed by atoms with Crippen LogP contribution in [0.1, 0.15) is 32.1 Å². The molecule has 0 spiro atoms. The molecule has 0 aromatic carbocycles. The summed E-state index contributed by atoms with van der Waals surface area (Å²) in [6.45, 7) is 2.88. The van der Waals surface area contributed by atoms with Gasteiger partial charge < -0.3 is 4.90 Å². The Morgan fingerprint density at radius 2 is 1.88 bits per heavy atom. The number of nitrogens with one attached hydrogen (secondary N) is 1. The Morgan fingerprint density at radius 3 is 2.71 bits per heavy atom. The summed E-state index contributed by atoms with van der Waals surface area (Å²) < 4.78 is 0.